The van der Waals surface area contributed by atoms with Gasteiger partial charge in [0.25, 0.3) is 0 Å². The summed E-state index contributed by atoms with van der Waals surface area (Å²) in [5.41, 5.74) is 12.1. The minimum absolute atomic E-state index is 0.186. The van der Waals surface area contributed by atoms with E-state index in [2.05, 4.69) is 0 Å². The van der Waals surface area contributed by atoms with Crippen LogP contribution in [0.5, 0.6) is 0 Å². The Labute approximate surface area is 141 Å². The van der Waals surface area contributed by atoms with Gasteiger partial charge in [-0.15, -0.1) is 0 Å². The Bertz CT molecular complexity index is 667. The molecule has 2 aromatic carbocycles. The molecule has 0 spiro atoms. The summed E-state index contributed by atoms with van der Waals surface area (Å²) in [5, 5.41) is 0. The smallest absolute Gasteiger partial charge is 0.228 e. The molecule has 2 fully saturated rings. The Morgan fingerprint density at radius 3 is 1.12 bits per heavy atom. The van der Waals surface area contributed by atoms with Crippen molar-refractivity contribution in [3.8, 4) is 0 Å². The quantitative estimate of drug-likeness (QED) is 0.905. The molecule has 0 saturated heterocycles. The average Bonchev–Trinajstić information content (AvgIpc) is 3.50. The van der Waals surface area contributed by atoms with E-state index in [-0.39, 0.29) is 22.6 Å². The van der Waals surface area contributed by atoms with Crippen molar-refractivity contribution in [2.45, 2.75) is 36.5 Å². The van der Waals surface area contributed by atoms with Gasteiger partial charge in [0, 0.05) is 0 Å². The monoisotopic (exact) mass is 322 g/mol. The molecule has 2 aliphatic carbocycles. The second-order valence-electron chi connectivity index (χ2n) is 6.62. The number of hydrogen-bond donors (Lipinski definition) is 2. The van der Waals surface area contributed by atoms with Crippen molar-refractivity contribution < 1.29 is 9.59 Å². The van der Waals surface area contributed by atoms with Crippen LogP contribution in [0.2, 0.25) is 0 Å². The fraction of sp³-hybridized carbons (Fsp3) is 0.300. The minimum atomic E-state index is -0.318. The fourth-order valence-electron chi connectivity index (χ4n) is 3.12. The largest absolute Gasteiger partial charge is 0.369 e. The first-order valence-corrected chi connectivity index (χ1v) is 8.22. The summed E-state index contributed by atoms with van der Waals surface area (Å²) in [4.78, 5) is 22.2. The Hall–Kier alpha value is -2.62. The first kappa shape index (κ1) is 16.2. The third-order valence-corrected chi connectivity index (χ3v) is 5.10. The highest BCUT2D eigenvalue weighted by Gasteiger charge is 2.50. The third-order valence-electron chi connectivity index (χ3n) is 5.10. The van der Waals surface area contributed by atoms with Gasteiger partial charge >= 0.3 is 0 Å². The molecule has 0 aliphatic heterocycles. The molecular formula is C20H22N2O2. The number of hydrogen-bond acceptors (Lipinski definition) is 2. The molecule has 4 rings (SSSR count). The Balaban J connectivity index is 0.000000141. The summed E-state index contributed by atoms with van der Waals surface area (Å²) in [6, 6.07) is 19.5. The van der Waals surface area contributed by atoms with Gasteiger partial charge in [-0.3, -0.25) is 9.59 Å². The first-order chi connectivity index (χ1) is 11.5. The average molecular weight is 322 g/mol. The molecule has 4 heteroatoms. The van der Waals surface area contributed by atoms with Gasteiger partial charge in [-0.1, -0.05) is 60.7 Å². The zero-order chi connectivity index (χ0) is 17.2. The maximum Gasteiger partial charge on any atom is 0.228 e. The summed E-state index contributed by atoms with van der Waals surface area (Å²) in [7, 11) is 0. The van der Waals surface area contributed by atoms with E-state index in [0.29, 0.717) is 0 Å². The summed E-state index contributed by atoms with van der Waals surface area (Å²) in [6.45, 7) is 0. The number of nitrogens with two attached hydrogens (primary N) is 2. The number of primary amides is 2. The Kier molecular flexibility index (Phi) is 4.14. The number of rotatable bonds is 4. The van der Waals surface area contributed by atoms with E-state index in [1.165, 1.54) is 0 Å². The van der Waals surface area contributed by atoms with Crippen LogP contribution in [0.25, 0.3) is 0 Å². The molecule has 4 nitrogen and oxygen atoms in total. The van der Waals surface area contributed by atoms with Gasteiger partial charge in [-0.25, -0.2) is 0 Å². The molecule has 2 saturated carbocycles. The second-order valence-corrected chi connectivity index (χ2v) is 6.62. The van der Waals surface area contributed by atoms with E-state index in [0.717, 1.165) is 36.8 Å². The predicted octanol–water partition coefficient (Wildman–Crippen LogP) is 2.41. The van der Waals surface area contributed by atoms with E-state index in [1.807, 2.05) is 60.7 Å². The predicted molar refractivity (Wildman–Crippen MR) is 93.1 cm³/mol. The van der Waals surface area contributed by atoms with Crippen molar-refractivity contribution in [1.29, 1.82) is 0 Å². The highest BCUT2D eigenvalue weighted by molar-refractivity contribution is 5.90. The van der Waals surface area contributed by atoms with Gasteiger partial charge < -0.3 is 11.5 Å². The fourth-order valence-corrected chi connectivity index (χ4v) is 3.12. The SMILES string of the molecule is NC(=O)C1(c2ccccc2)CC1.NC(=O)C1(c2ccccc2)CC1. The lowest BCUT2D eigenvalue weighted by Gasteiger charge is -2.09. The first-order valence-electron chi connectivity index (χ1n) is 8.22. The summed E-state index contributed by atoms with van der Waals surface area (Å²) >= 11 is 0. The number of benzene rings is 2. The Morgan fingerprint density at radius 1 is 0.625 bits per heavy atom. The second kappa shape index (κ2) is 6.11. The normalized spacial score (nSPS) is 18.7. The standard InChI is InChI=1S/2C10H11NO/c2*11-9(12)10(6-7-10)8-4-2-1-3-5-8/h2*1-5H,6-7H2,(H2,11,12). The maximum absolute atomic E-state index is 11.1. The minimum Gasteiger partial charge on any atom is -0.369 e. The highest BCUT2D eigenvalue weighted by Crippen LogP contribution is 2.48. The summed E-state index contributed by atoms with van der Waals surface area (Å²) in [6.07, 6.45) is 3.64. The molecule has 0 heterocycles. The molecule has 0 aromatic heterocycles. The van der Waals surface area contributed by atoms with Crippen molar-refractivity contribution in [3.05, 3.63) is 71.8 Å². The molecule has 4 N–H and O–H groups in total. The highest BCUT2D eigenvalue weighted by atomic mass is 16.2. The van der Waals surface area contributed by atoms with Crippen molar-refractivity contribution in [3.63, 3.8) is 0 Å². The summed E-state index contributed by atoms with van der Waals surface area (Å²) in [5.74, 6) is -0.373. The van der Waals surface area contributed by atoms with E-state index < -0.39 is 0 Å². The van der Waals surface area contributed by atoms with Gasteiger partial charge in [-0.05, 0) is 36.8 Å². The van der Waals surface area contributed by atoms with Crippen LogP contribution in [0.15, 0.2) is 60.7 Å². The van der Waals surface area contributed by atoms with Crippen LogP contribution in [0.3, 0.4) is 0 Å². The molecule has 0 bridgehead atoms. The molecule has 2 aromatic rings. The number of carbonyl (C=O) groups excluding carboxylic acids is 2. The van der Waals surface area contributed by atoms with Crippen molar-refractivity contribution in [1.82, 2.24) is 0 Å². The lowest BCUT2D eigenvalue weighted by atomic mass is 9.96. The molecule has 2 aliphatic rings. The van der Waals surface area contributed by atoms with Gasteiger partial charge in [0.1, 0.15) is 0 Å². The van der Waals surface area contributed by atoms with Crippen LogP contribution in [-0.2, 0) is 20.4 Å². The maximum atomic E-state index is 11.1. The van der Waals surface area contributed by atoms with Gasteiger partial charge in [-0.2, -0.15) is 0 Å². The van der Waals surface area contributed by atoms with E-state index >= 15 is 0 Å². The number of carbonyl (C=O) groups is 2. The number of amides is 2. The van der Waals surface area contributed by atoms with Crippen LogP contribution < -0.4 is 11.5 Å². The van der Waals surface area contributed by atoms with E-state index in [4.69, 9.17) is 11.5 Å². The molecule has 2 amide bonds. The van der Waals surface area contributed by atoms with Crippen LogP contribution >= 0.6 is 0 Å². The van der Waals surface area contributed by atoms with Gasteiger partial charge in [0.05, 0.1) is 10.8 Å². The topological polar surface area (TPSA) is 86.2 Å². The van der Waals surface area contributed by atoms with Crippen LogP contribution in [0.1, 0.15) is 36.8 Å². The molecule has 24 heavy (non-hydrogen) atoms. The summed E-state index contributed by atoms with van der Waals surface area (Å²) < 4.78 is 0. The van der Waals surface area contributed by atoms with Crippen LogP contribution in [0.4, 0.5) is 0 Å². The van der Waals surface area contributed by atoms with Crippen molar-refractivity contribution in [2.24, 2.45) is 11.5 Å². The molecule has 124 valence electrons. The molecular weight excluding hydrogens is 300 g/mol. The van der Waals surface area contributed by atoms with Crippen molar-refractivity contribution in [2.75, 3.05) is 0 Å². The van der Waals surface area contributed by atoms with Crippen molar-refractivity contribution >= 4 is 11.8 Å². The lowest BCUT2D eigenvalue weighted by molar-refractivity contribution is -0.121. The van der Waals surface area contributed by atoms with Gasteiger partial charge in [0.2, 0.25) is 11.8 Å². The molecule has 0 radical (unpaired) electrons. The zero-order valence-corrected chi connectivity index (χ0v) is 13.6. The van der Waals surface area contributed by atoms with E-state index in [9.17, 15) is 9.59 Å². The third kappa shape index (κ3) is 2.92. The van der Waals surface area contributed by atoms with Crippen LogP contribution in [-0.4, -0.2) is 11.8 Å². The van der Waals surface area contributed by atoms with E-state index in [1.54, 1.807) is 0 Å². The zero-order valence-electron chi connectivity index (χ0n) is 13.6. The Morgan fingerprint density at radius 2 is 0.917 bits per heavy atom. The van der Waals surface area contributed by atoms with Gasteiger partial charge in [0.15, 0.2) is 0 Å². The van der Waals surface area contributed by atoms with Crippen LogP contribution in [0, 0.1) is 0 Å². The molecule has 0 atom stereocenters. The lowest BCUT2D eigenvalue weighted by Crippen LogP contribution is -2.28. The molecule has 0 unspecified atom stereocenters.